The number of hydrogen-bond donors (Lipinski definition) is 0. The van der Waals surface area contributed by atoms with E-state index in [1.807, 2.05) is 56.3 Å². The number of carbonyl (C=O) groups excluding carboxylic acids is 2. The van der Waals surface area contributed by atoms with Crippen LogP contribution >= 0.6 is 22.9 Å². The minimum atomic E-state index is 0.111. The van der Waals surface area contributed by atoms with Crippen LogP contribution in [0.25, 0.3) is 22.6 Å². The number of rotatable bonds is 7. The molecule has 5 nitrogen and oxygen atoms in total. The number of imidazole rings is 1. The Kier molecular flexibility index (Phi) is 6.85. The van der Waals surface area contributed by atoms with E-state index in [1.165, 1.54) is 11.3 Å². The van der Waals surface area contributed by atoms with E-state index in [0.717, 1.165) is 53.1 Å². The number of halogens is 1. The number of nitrogens with zero attached hydrogens (tertiary/aromatic N) is 3. The summed E-state index contributed by atoms with van der Waals surface area (Å²) in [6.07, 6.45) is 6.75. The van der Waals surface area contributed by atoms with Crippen LogP contribution in [0.1, 0.15) is 76.4 Å². The van der Waals surface area contributed by atoms with E-state index < -0.39 is 0 Å². The Morgan fingerprint density at radius 2 is 2.00 bits per heavy atom. The largest absolute Gasteiger partial charge is 0.320 e. The predicted molar refractivity (Wildman–Crippen MR) is 142 cm³/mol. The maximum Gasteiger partial charge on any atom is 0.174 e. The highest BCUT2D eigenvalue weighted by molar-refractivity contribution is 7.14. The molecule has 1 fully saturated rings. The summed E-state index contributed by atoms with van der Waals surface area (Å²) in [6, 6.07) is 13.7. The standard InChI is InChI=1S/C28H28ClN3O2S/c1-3-25(33)19-10-11-24-23(16-19)31-28(22-9-4-5-12-30-22)32(24)20-8-6-7-18(14-20)15-26(34)27-21(29)13-17(2)35-27/h4-5,9-13,16,18,20H,3,6-8,14-15H2,1-2H3/t18-,20+/m1/s1. The summed E-state index contributed by atoms with van der Waals surface area (Å²) in [5, 5.41) is 0.570. The summed E-state index contributed by atoms with van der Waals surface area (Å²) in [4.78, 5) is 36.6. The Bertz CT molecular complexity index is 1390. The Morgan fingerprint density at radius 3 is 2.71 bits per heavy atom. The fraction of sp³-hybridized carbons (Fsp3) is 0.357. The molecule has 7 heteroatoms. The second kappa shape index (κ2) is 10.0. The molecule has 5 rings (SSSR count). The van der Waals surface area contributed by atoms with Crippen molar-refractivity contribution in [3.8, 4) is 11.5 Å². The molecule has 0 saturated heterocycles. The van der Waals surface area contributed by atoms with Gasteiger partial charge in [0.15, 0.2) is 17.4 Å². The molecule has 1 saturated carbocycles. The molecule has 180 valence electrons. The Balaban J connectivity index is 1.49. The van der Waals surface area contributed by atoms with Gasteiger partial charge in [0.25, 0.3) is 0 Å². The topological polar surface area (TPSA) is 64.8 Å². The Labute approximate surface area is 214 Å². The van der Waals surface area contributed by atoms with Crippen molar-refractivity contribution in [1.29, 1.82) is 0 Å². The van der Waals surface area contributed by atoms with E-state index in [0.29, 0.717) is 28.3 Å². The van der Waals surface area contributed by atoms with E-state index in [-0.39, 0.29) is 23.5 Å². The van der Waals surface area contributed by atoms with Gasteiger partial charge in [-0.3, -0.25) is 14.6 Å². The number of pyridine rings is 1. The number of aromatic nitrogens is 3. The van der Waals surface area contributed by atoms with Crippen LogP contribution in [0.5, 0.6) is 0 Å². The lowest BCUT2D eigenvalue weighted by Gasteiger charge is -2.31. The van der Waals surface area contributed by atoms with Gasteiger partial charge in [-0.2, -0.15) is 0 Å². The molecule has 2 atom stereocenters. The van der Waals surface area contributed by atoms with E-state index in [2.05, 4.69) is 9.55 Å². The molecule has 1 aromatic carbocycles. The molecule has 1 aliphatic carbocycles. The zero-order valence-electron chi connectivity index (χ0n) is 20.0. The predicted octanol–water partition coefficient (Wildman–Crippen LogP) is 7.72. The van der Waals surface area contributed by atoms with Gasteiger partial charge in [-0.1, -0.05) is 31.0 Å². The van der Waals surface area contributed by atoms with Gasteiger partial charge in [-0.15, -0.1) is 11.3 Å². The van der Waals surface area contributed by atoms with Gasteiger partial charge in [0, 0.05) is 35.5 Å². The van der Waals surface area contributed by atoms with Crippen LogP contribution in [-0.4, -0.2) is 26.1 Å². The summed E-state index contributed by atoms with van der Waals surface area (Å²) in [5.74, 6) is 1.35. The molecule has 3 aromatic heterocycles. The minimum absolute atomic E-state index is 0.111. The lowest BCUT2D eigenvalue weighted by atomic mass is 9.82. The maximum absolute atomic E-state index is 13.0. The second-order valence-electron chi connectivity index (χ2n) is 9.35. The van der Waals surface area contributed by atoms with E-state index in [9.17, 15) is 9.59 Å². The first-order valence-corrected chi connectivity index (χ1v) is 13.4. The SMILES string of the molecule is CCC(=O)c1ccc2c(c1)nc(-c1ccccn1)n2[C@H]1CCC[C@@H](CC(=O)c2sc(C)cc2Cl)C1. The lowest BCUT2D eigenvalue weighted by molar-refractivity contribution is 0.0944. The molecule has 3 heterocycles. The molecular formula is C28H28ClN3O2S. The monoisotopic (exact) mass is 505 g/mol. The molecule has 0 aliphatic heterocycles. The van der Waals surface area contributed by atoms with Crippen LogP contribution in [0, 0.1) is 12.8 Å². The zero-order valence-corrected chi connectivity index (χ0v) is 21.5. The van der Waals surface area contributed by atoms with Gasteiger partial charge in [0.05, 0.1) is 20.9 Å². The number of fused-ring (bicyclic) bond motifs is 1. The molecule has 0 unspecified atom stereocenters. The number of carbonyl (C=O) groups is 2. The third kappa shape index (κ3) is 4.82. The highest BCUT2D eigenvalue weighted by Crippen LogP contribution is 2.40. The number of ketones is 2. The molecule has 35 heavy (non-hydrogen) atoms. The fourth-order valence-electron chi connectivity index (χ4n) is 5.23. The summed E-state index contributed by atoms with van der Waals surface area (Å²) in [6.45, 7) is 3.85. The molecule has 0 N–H and O–H groups in total. The van der Waals surface area contributed by atoms with Gasteiger partial charge >= 0.3 is 0 Å². The third-order valence-corrected chi connectivity index (χ3v) is 8.39. The first-order chi connectivity index (χ1) is 16.9. The maximum atomic E-state index is 13.0. The van der Waals surface area contributed by atoms with Gasteiger partial charge in [0.1, 0.15) is 5.69 Å². The Morgan fingerprint density at radius 1 is 1.14 bits per heavy atom. The van der Waals surface area contributed by atoms with Crippen LogP contribution < -0.4 is 0 Å². The summed E-state index contributed by atoms with van der Waals surface area (Å²) < 4.78 is 2.29. The molecule has 0 bridgehead atoms. The van der Waals surface area contributed by atoms with E-state index >= 15 is 0 Å². The number of Topliss-reactive ketones (excluding diaryl/α,β-unsaturated/α-hetero) is 2. The third-order valence-electron chi connectivity index (χ3n) is 6.88. The number of aryl methyl sites for hydroxylation is 1. The minimum Gasteiger partial charge on any atom is -0.320 e. The molecule has 1 aliphatic rings. The molecule has 0 spiro atoms. The van der Waals surface area contributed by atoms with Crippen molar-refractivity contribution in [2.45, 2.75) is 58.4 Å². The number of thiophene rings is 1. The quantitative estimate of drug-likeness (QED) is 0.241. The first-order valence-electron chi connectivity index (χ1n) is 12.2. The highest BCUT2D eigenvalue weighted by atomic mass is 35.5. The summed E-state index contributed by atoms with van der Waals surface area (Å²) in [5.41, 5.74) is 3.31. The van der Waals surface area contributed by atoms with Crippen LogP contribution in [0.4, 0.5) is 0 Å². The van der Waals surface area contributed by atoms with Crippen molar-refractivity contribution >= 4 is 45.5 Å². The van der Waals surface area contributed by atoms with Gasteiger partial charge in [0.2, 0.25) is 0 Å². The molecule has 0 amide bonds. The van der Waals surface area contributed by atoms with Crippen molar-refractivity contribution in [3.63, 3.8) is 0 Å². The van der Waals surface area contributed by atoms with Crippen LogP contribution in [0.3, 0.4) is 0 Å². The molecular weight excluding hydrogens is 478 g/mol. The van der Waals surface area contributed by atoms with Crippen molar-refractivity contribution < 1.29 is 9.59 Å². The van der Waals surface area contributed by atoms with Gasteiger partial charge in [-0.05, 0) is 68.5 Å². The van der Waals surface area contributed by atoms with Crippen LogP contribution in [0.2, 0.25) is 5.02 Å². The highest BCUT2D eigenvalue weighted by Gasteiger charge is 2.29. The van der Waals surface area contributed by atoms with E-state index in [4.69, 9.17) is 16.6 Å². The second-order valence-corrected chi connectivity index (χ2v) is 11.0. The molecule has 0 radical (unpaired) electrons. The number of hydrogen-bond acceptors (Lipinski definition) is 5. The van der Waals surface area contributed by atoms with E-state index in [1.54, 1.807) is 6.20 Å². The van der Waals surface area contributed by atoms with Crippen molar-refractivity contribution in [1.82, 2.24) is 14.5 Å². The fourth-order valence-corrected chi connectivity index (χ4v) is 6.53. The van der Waals surface area contributed by atoms with Crippen molar-refractivity contribution in [2.24, 2.45) is 5.92 Å². The lowest BCUT2D eigenvalue weighted by Crippen LogP contribution is -2.22. The summed E-state index contributed by atoms with van der Waals surface area (Å²) in [7, 11) is 0. The van der Waals surface area contributed by atoms with Crippen LogP contribution in [-0.2, 0) is 0 Å². The average molecular weight is 506 g/mol. The first kappa shape index (κ1) is 23.9. The Hall–Kier alpha value is -2.83. The van der Waals surface area contributed by atoms with Crippen LogP contribution in [0.15, 0.2) is 48.7 Å². The van der Waals surface area contributed by atoms with Crippen molar-refractivity contribution in [2.75, 3.05) is 0 Å². The molecule has 4 aromatic rings. The smallest absolute Gasteiger partial charge is 0.174 e. The van der Waals surface area contributed by atoms with Gasteiger partial charge in [-0.25, -0.2) is 4.98 Å². The normalized spacial score (nSPS) is 18.1. The zero-order chi connectivity index (χ0) is 24.5. The summed E-state index contributed by atoms with van der Waals surface area (Å²) >= 11 is 7.80. The number of benzene rings is 1. The van der Waals surface area contributed by atoms with Gasteiger partial charge < -0.3 is 4.57 Å². The average Bonchev–Trinajstić information content (AvgIpc) is 3.42. The van der Waals surface area contributed by atoms with Crippen molar-refractivity contribution in [3.05, 3.63) is 69.0 Å².